The van der Waals surface area contributed by atoms with Gasteiger partial charge in [-0.25, -0.2) is 4.99 Å². The second-order valence-electron chi connectivity index (χ2n) is 5.02. The number of likely N-dealkylation sites (tertiary alicyclic amines) is 1. The highest BCUT2D eigenvalue weighted by Gasteiger charge is 2.30. The number of nitrogens with zero attached hydrogens (tertiary/aromatic N) is 2. The van der Waals surface area contributed by atoms with Crippen molar-refractivity contribution in [3.8, 4) is 11.5 Å². The molecule has 1 aliphatic heterocycles. The van der Waals surface area contributed by atoms with E-state index in [-0.39, 0.29) is 11.9 Å². The number of carbonyl (C=O) groups excluding carboxylic acids is 1. The minimum atomic E-state index is -0.101. The van der Waals surface area contributed by atoms with E-state index in [1.54, 1.807) is 37.3 Å². The van der Waals surface area contributed by atoms with Crippen molar-refractivity contribution in [2.75, 3.05) is 27.3 Å². The predicted molar refractivity (Wildman–Crippen MR) is 85.7 cm³/mol. The van der Waals surface area contributed by atoms with Gasteiger partial charge in [-0.1, -0.05) is 12.6 Å². The van der Waals surface area contributed by atoms with Crippen LogP contribution >= 0.6 is 0 Å². The first-order chi connectivity index (χ1) is 10.6. The summed E-state index contributed by atoms with van der Waals surface area (Å²) in [6.45, 7) is 8.39. The summed E-state index contributed by atoms with van der Waals surface area (Å²) < 4.78 is 10.6. The fourth-order valence-electron chi connectivity index (χ4n) is 2.56. The summed E-state index contributed by atoms with van der Waals surface area (Å²) in [5, 5.41) is 3.14. The molecule has 6 heteroatoms. The van der Waals surface area contributed by atoms with Crippen molar-refractivity contribution in [3.05, 3.63) is 36.2 Å². The lowest BCUT2D eigenvalue weighted by molar-refractivity contribution is 0.0783. The molecule has 2 rings (SSSR count). The first-order valence-corrected chi connectivity index (χ1v) is 7.03. The molecule has 6 nitrogen and oxygen atoms in total. The summed E-state index contributed by atoms with van der Waals surface area (Å²) in [5.41, 5.74) is 0.453. The van der Waals surface area contributed by atoms with Crippen molar-refractivity contribution in [3.63, 3.8) is 0 Å². The first-order valence-electron chi connectivity index (χ1n) is 7.03. The molecule has 118 valence electrons. The number of benzene rings is 1. The average molecular weight is 303 g/mol. The molecule has 0 spiro atoms. The Morgan fingerprint density at radius 2 is 2.00 bits per heavy atom. The molecular formula is C16H21N3O3. The van der Waals surface area contributed by atoms with Gasteiger partial charge in [-0.2, -0.15) is 0 Å². The van der Waals surface area contributed by atoms with Gasteiger partial charge in [0.2, 0.25) is 0 Å². The SMILES string of the molecule is C=NC(=C)N[C@@H]1CCN(C(=O)c2c(OC)cccc2OC)C1. The molecule has 0 bridgehead atoms. The van der Waals surface area contributed by atoms with Crippen molar-refractivity contribution in [1.82, 2.24) is 10.2 Å². The minimum absolute atomic E-state index is 0.101. The smallest absolute Gasteiger partial charge is 0.261 e. The maximum absolute atomic E-state index is 12.8. The number of rotatable bonds is 6. The largest absolute Gasteiger partial charge is 0.496 e. The minimum Gasteiger partial charge on any atom is -0.496 e. The van der Waals surface area contributed by atoms with E-state index < -0.39 is 0 Å². The number of nitrogens with one attached hydrogen (secondary N) is 1. The Bertz CT molecular complexity index is 564. The number of methoxy groups -OCH3 is 2. The van der Waals surface area contributed by atoms with Gasteiger partial charge in [-0.15, -0.1) is 0 Å². The van der Waals surface area contributed by atoms with Crippen LogP contribution in [0, 0.1) is 0 Å². The van der Waals surface area contributed by atoms with Crippen LogP contribution in [0.5, 0.6) is 11.5 Å². The van der Waals surface area contributed by atoms with Crippen LogP contribution in [0.4, 0.5) is 0 Å². The summed E-state index contributed by atoms with van der Waals surface area (Å²) in [4.78, 5) is 18.3. The van der Waals surface area contributed by atoms with Gasteiger partial charge in [0.1, 0.15) is 22.9 Å². The van der Waals surface area contributed by atoms with E-state index in [0.717, 1.165) is 6.42 Å². The number of aliphatic imine (C=N–C) groups is 1. The summed E-state index contributed by atoms with van der Waals surface area (Å²) in [6, 6.07) is 5.43. The van der Waals surface area contributed by atoms with Gasteiger partial charge in [0.15, 0.2) is 0 Å². The quantitative estimate of drug-likeness (QED) is 0.812. The maximum atomic E-state index is 12.8. The lowest BCUT2D eigenvalue weighted by atomic mass is 10.1. The third-order valence-electron chi connectivity index (χ3n) is 3.68. The normalized spacial score (nSPS) is 17.0. The zero-order valence-electron chi connectivity index (χ0n) is 13.0. The van der Waals surface area contributed by atoms with E-state index in [0.29, 0.717) is 36.0 Å². The van der Waals surface area contributed by atoms with Gasteiger partial charge >= 0.3 is 0 Å². The molecule has 0 saturated carbocycles. The van der Waals surface area contributed by atoms with Crippen LogP contribution < -0.4 is 14.8 Å². The second-order valence-corrected chi connectivity index (χ2v) is 5.02. The molecule has 1 amide bonds. The van der Waals surface area contributed by atoms with Crippen LogP contribution in [0.15, 0.2) is 35.6 Å². The van der Waals surface area contributed by atoms with Gasteiger partial charge in [0, 0.05) is 19.1 Å². The molecule has 1 N–H and O–H groups in total. The Hall–Kier alpha value is -2.50. The molecular weight excluding hydrogens is 282 g/mol. The predicted octanol–water partition coefficient (Wildman–Crippen LogP) is 1.68. The van der Waals surface area contributed by atoms with Crippen LogP contribution in [-0.4, -0.2) is 50.9 Å². The highest BCUT2D eigenvalue weighted by Crippen LogP contribution is 2.30. The molecule has 0 aliphatic carbocycles. The van der Waals surface area contributed by atoms with Crippen LogP contribution in [0.25, 0.3) is 0 Å². The van der Waals surface area contributed by atoms with Crippen molar-refractivity contribution in [1.29, 1.82) is 0 Å². The highest BCUT2D eigenvalue weighted by atomic mass is 16.5. The molecule has 0 unspecified atom stereocenters. The third-order valence-corrected chi connectivity index (χ3v) is 3.68. The summed E-state index contributed by atoms with van der Waals surface area (Å²) >= 11 is 0. The van der Waals surface area contributed by atoms with Gasteiger partial charge in [0.05, 0.1) is 14.2 Å². The molecule has 1 fully saturated rings. The fraction of sp³-hybridized carbons (Fsp3) is 0.375. The Balaban J connectivity index is 2.16. The number of hydrogen-bond donors (Lipinski definition) is 1. The molecule has 1 aromatic rings. The standard InChI is InChI=1S/C16H21N3O3/c1-11(17-2)18-12-8-9-19(10-12)16(20)15-13(21-3)6-5-7-14(15)22-4/h5-7,12,18H,1-2,8-10H2,3-4H3/t12-/m1/s1. The zero-order chi connectivity index (χ0) is 16.1. The Labute approximate surface area is 130 Å². The molecule has 0 aromatic heterocycles. The lowest BCUT2D eigenvalue weighted by Gasteiger charge is -2.20. The Morgan fingerprint density at radius 3 is 2.55 bits per heavy atom. The summed E-state index contributed by atoms with van der Waals surface area (Å²) in [7, 11) is 3.08. The monoisotopic (exact) mass is 303 g/mol. The first kappa shape index (κ1) is 15.9. The van der Waals surface area contributed by atoms with E-state index in [1.807, 2.05) is 0 Å². The zero-order valence-corrected chi connectivity index (χ0v) is 13.0. The van der Waals surface area contributed by atoms with Gasteiger partial charge in [-0.3, -0.25) is 4.79 Å². The maximum Gasteiger partial charge on any atom is 0.261 e. The number of ether oxygens (including phenoxy) is 2. The topological polar surface area (TPSA) is 63.2 Å². The van der Waals surface area contributed by atoms with E-state index in [2.05, 4.69) is 23.6 Å². The van der Waals surface area contributed by atoms with Gasteiger partial charge < -0.3 is 19.7 Å². The Kier molecular flexibility index (Phi) is 5.04. The molecule has 1 saturated heterocycles. The second kappa shape index (κ2) is 6.98. The lowest BCUT2D eigenvalue weighted by Crippen LogP contribution is -2.34. The number of carbonyl (C=O) groups is 1. The Morgan fingerprint density at radius 1 is 1.36 bits per heavy atom. The van der Waals surface area contributed by atoms with E-state index in [9.17, 15) is 4.79 Å². The molecule has 1 heterocycles. The number of hydrogen-bond acceptors (Lipinski definition) is 5. The molecule has 22 heavy (non-hydrogen) atoms. The molecule has 1 aliphatic rings. The van der Waals surface area contributed by atoms with Crippen LogP contribution in [-0.2, 0) is 0 Å². The van der Waals surface area contributed by atoms with E-state index in [1.165, 1.54) is 0 Å². The van der Waals surface area contributed by atoms with Crippen LogP contribution in [0.2, 0.25) is 0 Å². The van der Waals surface area contributed by atoms with Crippen molar-refractivity contribution in [2.45, 2.75) is 12.5 Å². The fourth-order valence-corrected chi connectivity index (χ4v) is 2.56. The average Bonchev–Trinajstić information content (AvgIpc) is 3.01. The van der Waals surface area contributed by atoms with Crippen molar-refractivity contribution < 1.29 is 14.3 Å². The number of amides is 1. The van der Waals surface area contributed by atoms with Crippen molar-refractivity contribution >= 4 is 12.6 Å². The van der Waals surface area contributed by atoms with Gasteiger partial charge in [-0.05, 0) is 25.3 Å². The van der Waals surface area contributed by atoms with E-state index in [4.69, 9.17) is 9.47 Å². The van der Waals surface area contributed by atoms with Gasteiger partial charge in [0.25, 0.3) is 5.91 Å². The summed E-state index contributed by atoms with van der Waals surface area (Å²) in [5.74, 6) is 1.45. The van der Waals surface area contributed by atoms with Crippen LogP contribution in [0.3, 0.4) is 0 Å². The highest BCUT2D eigenvalue weighted by molar-refractivity contribution is 5.99. The summed E-state index contributed by atoms with van der Waals surface area (Å²) in [6.07, 6.45) is 0.831. The molecule has 1 aromatic carbocycles. The van der Waals surface area contributed by atoms with Crippen molar-refractivity contribution in [2.24, 2.45) is 4.99 Å². The molecule has 0 radical (unpaired) electrons. The molecule has 1 atom stereocenters. The van der Waals surface area contributed by atoms with Crippen LogP contribution in [0.1, 0.15) is 16.8 Å². The van der Waals surface area contributed by atoms with E-state index >= 15 is 0 Å². The third kappa shape index (κ3) is 3.21.